The third-order valence-corrected chi connectivity index (χ3v) is 5.86. The number of halogens is 1. The average molecular weight is 468 g/mol. The first-order valence-corrected chi connectivity index (χ1v) is 11.3. The molecular formula is C18H21FN6O6S. The SMILES string of the molecule is CS(=O)(=O)c1ccc(NC2=NC=NC(OC3CCN(C(=O)O)CC3)C2=NC(N)=O)c(F)c1. The van der Waals surface area contributed by atoms with E-state index in [0.29, 0.717) is 12.8 Å². The predicted molar refractivity (Wildman–Crippen MR) is 114 cm³/mol. The van der Waals surface area contributed by atoms with Crippen molar-refractivity contribution in [3.8, 4) is 0 Å². The van der Waals surface area contributed by atoms with Crippen LogP contribution in [0.5, 0.6) is 0 Å². The van der Waals surface area contributed by atoms with E-state index in [4.69, 9.17) is 15.6 Å². The van der Waals surface area contributed by atoms with Gasteiger partial charge in [0.1, 0.15) is 17.9 Å². The molecular weight excluding hydrogens is 447 g/mol. The molecule has 2 aliphatic heterocycles. The molecule has 32 heavy (non-hydrogen) atoms. The predicted octanol–water partition coefficient (Wildman–Crippen LogP) is 1.09. The van der Waals surface area contributed by atoms with E-state index >= 15 is 0 Å². The van der Waals surface area contributed by atoms with E-state index in [1.807, 2.05) is 0 Å². The molecule has 0 aliphatic carbocycles. The second-order valence-corrected chi connectivity index (χ2v) is 9.09. The Morgan fingerprint density at radius 1 is 1.34 bits per heavy atom. The number of likely N-dealkylation sites (tertiary alicyclic amines) is 1. The van der Waals surface area contributed by atoms with Crippen LogP contribution in [0.2, 0.25) is 0 Å². The second-order valence-electron chi connectivity index (χ2n) is 7.07. The highest BCUT2D eigenvalue weighted by Crippen LogP contribution is 2.22. The Bertz CT molecular complexity index is 1110. The highest BCUT2D eigenvalue weighted by atomic mass is 32.2. The number of anilines is 1. The van der Waals surface area contributed by atoms with E-state index in [0.717, 1.165) is 18.7 Å². The van der Waals surface area contributed by atoms with Crippen LogP contribution < -0.4 is 11.1 Å². The third kappa shape index (κ3) is 5.64. The Morgan fingerprint density at radius 2 is 2.03 bits per heavy atom. The molecule has 0 spiro atoms. The van der Waals surface area contributed by atoms with Crippen LogP contribution in [-0.2, 0) is 14.6 Å². The van der Waals surface area contributed by atoms with Gasteiger partial charge in [-0.1, -0.05) is 0 Å². The van der Waals surface area contributed by atoms with E-state index in [1.165, 1.54) is 17.0 Å². The highest BCUT2D eigenvalue weighted by molar-refractivity contribution is 7.90. The monoisotopic (exact) mass is 468 g/mol. The van der Waals surface area contributed by atoms with E-state index < -0.39 is 34.0 Å². The smallest absolute Gasteiger partial charge is 0.407 e. The maximum atomic E-state index is 14.5. The second kappa shape index (κ2) is 9.40. The Labute approximate surface area is 182 Å². The number of ether oxygens (including phenoxy) is 1. The van der Waals surface area contributed by atoms with Gasteiger partial charge in [0.2, 0.25) is 0 Å². The Morgan fingerprint density at radius 3 is 2.59 bits per heavy atom. The van der Waals surface area contributed by atoms with Gasteiger partial charge in [0, 0.05) is 19.3 Å². The molecule has 4 N–H and O–H groups in total. The summed E-state index contributed by atoms with van der Waals surface area (Å²) in [6.07, 6.45) is 0.447. The number of amidine groups is 1. The van der Waals surface area contributed by atoms with Crippen molar-refractivity contribution in [3.05, 3.63) is 24.0 Å². The molecule has 12 nitrogen and oxygen atoms in total. The molecule has 1 fully saturated rings. The van der Waals surface area contributed by atoms with Gasteiger partial charge < -0.3 is 25.8 Å². The van der Waals surface area contributed by atoms with Gasteiger partial charge in [0.25, 0.3) is 0 Å². The number of benzene rings is 1. The lowest BCUT2D eigenvalue weighted by atomic mass is 10.1. The molecule has 2 heterocycles. The minimum absolute atomic E-state index is 0.0576. The van der Waals surface area contributed by atoms with Crippen molar-refractivity contribution >= 4 is 45.5 Å². The molecule has 1 unspecified atom stereocenters. The summed E-state index contributed by atoms with van der Waals surface area (Å²) in [5.74, 6) is -0.923. The van der Waals surface area contributed by atoms with Crippen LogP contribution in [0.1, 0.15) is 12.8 Å². The number of carboxylic acid groups (broad SMARTS) is 1. The summed E-state index contributed by atoms with van der Waals surface area (Å²) in [6, 6.07) is 2.23. The maximum absolute atomic E-state index is 14.5. The zero-order chi connectivity index (χ0) is 23.5. The summed E-state index contributed by atoms with van der Waals surface area (Å²) in [5.41, 5.74) is 4.99. The van der Waals surface area contributed by atoms with Crippen LogP contribution >= 0.6 is 0 Å². The number of hydrogen-bond donors (Lipinski definition) is 3. The lowest BCUT2D eigenvalue weighted by Gasteiger charge is -2.32. The standard InChI is InChI=1S/C18H21FN6O6S/c1-32(29,30)11-2-3-13(12(19)8-11)23-15-14(24-17(20)26)16(22-9-21-15)31-10-4-6-25(7-5-10)18(27)28/h2-3,8-10,16H,4-7H2,1H3,(H2,20,26)(H,27,28)(H,21,22,23). The largest absolute Gasteiger partial charge is 0.465 e. The Balaban J connectivity index is 1.78. The minimum atomic E-state index is -3.60. The van der Waals surface area contributed by atoms with E-state index in [-0.39, 0.29) is 41.3 Å². The number of urea groups is 1. The molecule has 3 amide bonds. The van der Waals surface area contributed by atoms with Crippen molar-refractivity contribution in [2.24, 2.45) is 20.7 Å². The Kier molecular flexibility index (Phi) is 6.84. The van der Waals surface area contributed by atoms with Crippen molar-refractivity contribution in [3.63, 3.8) is 0 Å². The molecule has 0 aromatic heterocycles. The fourth-order valence-corrected chi connectivity index (χ4v) is 3.78. The van der Waals surface area contributed by atoms with Crippen LogP contribution in [0, 0.1) is 5.82 Å². The van der Waals surface area contributed by atoms with Crippen LogP contribution in [0.3, 0.4) is 0 Å². The summed E-state index contributed by atoms with van der Waals surface area (Å²) < 4.78 is 43.5. The molecule has 3 rings (SSSR count). The number of carbonyl (C=O) groups excluding carboxylic acids is 1. The van der Waals surface area contributed by atoms with Gasteiger partial charge in [-0.05, 0) is 31.0 Å². The number of carbonyl (C=O) groups is 2. The number of sulfone groups is 1. The van der Waals surface area contributed by atoms with E-state index in [1.54, 1.807) is 0 Å². The number of piperidine rings is 1. The highest BCUT2D eigenvalue weighted by Gasteiger charge is 2.31. The molecule has 0 radical (unpaired) electrons. The number of hydrogen-bond acceptors (Lipinski definition) is 8. The Hall–Kier alpha value is -3.39. The minimum Gasteiger partial charge on any atom is -0.465 e. The summed E-state index contributed by atoms with van der Waals surface area (Å²) in [5, 5.41) is 11.7. The zero-order valence-electron chi connectivity index (χ0n) is 16.9. The van der Waals surface area contributed by atoms with Crippen molar-refractivity contribution in [1.29, 1.82) is 0 Å². The number of amides is 3. The van der Waals surface area contributed by atoms with Crippen LogP contribution in [0.25, 0.3) is 0 Å². The molecule has 1 aromatic rings. The molecule has 0 bridgehead atoms. The van der Waals surface area contributed by atoms with Crippen molar-refractivity contribution in [2.75, 3.05) is 24.7 Å². The number of rotatable bonds is 4. The quantitative estimate of drug-likeness (QED) is 0.592. The number of primary amides is 1. The van der Waals surface area contributed by atoms with E-state index in [2.05, 4.69) is 20.3 Å². The molecule has 1 atom stereocenters. The average Bonchev–Trinajstić information content (AvgIpc) is 2.71. The zero-order valence-corrected chi connectivity index (χ0v) is 17.7. The normalized spacial score (nSPS) is 20.8. The number of nitrogens with two attached hydrogens (primary N) is 1. The van der Waals surface area contributed by atoms with Crippen molar-refractivity contribution < 1.29 is 32.2 Å². The summed E-state index contributed by atoms with van der Waals surface area (Å²) in [4.78, 5) is 35.3. The summed E-state index contributed by atoms with van der Waals surface area (Å²) in [6.45, 7) is 0.547. The van der Waals surface area contributed by atoms with Gasteiger partial charge in [-0.2, -0.15) is 4.99 Å². The lowest BCUT2D eigenvalue weighted by molar-refractivity contribution is -0.00790. The first kappa shape index (κ1) is 23.3. The molecule has 1 aromatic carbocycles. The van der Waals surface area contributed by atoms with Crippen molar-refractivity contribution in [2.45, 2.75) is 30.1 Å². The first-order chi connectivity index (χ1) is 15.0. The topological polar surface area (TPSA) is 176 Å². The molecule has 1 saturated heterocycles. The summed E-state index contributed by atoms with van der Waals surface area (Å²) >= 11 is 0. The van der Waals surface area contributed by atoms with Crippen LogP contribution in [-0.4, -0.2) is 80.1 Å². The van der Waals surface area contributed by atoms with Gasteiger partial charge in [0.05, 0.1) is 16.7 Å². The van der Waals surface area contributed by atoms with Gasteiger partial charge in [-0.15, -0.1) is 0 Å². The van der Waals surface area contributed by atoms with Gasteiger partial charge in [0.15, 0.2) is 21.9 Å². The summed E-state index contributed by atoms with van der Waals surface area (Å²) in [7, 11) is -3.60. The fourth-order valence-electron chi connectivity index (χ4n) is 3.15. The third-order valence-electron chi connectivity index (χ3n) is 4.75. The number of nitrogens with zero attached hydrogens (tertiary/aromatic N) is 4. The maximum Gasteiger partial charge on any atom is 0.407 e. The molecule has 2 aliphatic rings. The van der Waals surface area contributed by atoms with Crippen molar-refractivity contribution in [1.82, 2.24) is 4.90 Å². The van der Waals surface area contributed by atoms with Crippen LogP contribution in [0.4, 0.5) is 19.7 Å². The fraction of sp³-hybridized carbons (Fsp3) is 0.389. The molecule has 0 saturated carbocycles. The number of nitrogens with one attached hydrogen (secondary N) is 1. The first-order valence-electron chi connectivity index (χ1n) is 9.42. The lowest BCUT2D eigenvalue weighted by Crippen LogP contribution is -2.44. The van der Waals surface area contributed by atoms with Gasteiger partial charge >= 0.3 is 12.1 Å². The van der Waals surface area contributed by atoms with Crippen LogP contribution in [0.15, 0.2) is 38.1 Å². The molecule has 172 valence electrons. The molecule has 14 heteroatoms. The number of aliphatic imine (C=N–C) groups is 3. The van der Waals surface area contributed by atoms with E-state index in [9.17, 15) is 22.4 Å². The van der Waals surface area contributed by atoms with Gasteiger partial charge in [-0.25, -0.2) is 32.4 Å². The van der Waals surface area contributed by atoms with Gasteiger partial charge in [-0.3, -0.25) is 0 Å².